The Hall–Kier alpha value is -3.64. The predicted octanol–water partition coefficient (Wildman–Crippen LogP) is 5.52. The molecule has 0 saturated carbocycles. The van der Waals surface area contributed by atoms with Crippen molar-refractivity contribution in [1.82, 2.24) is 4.90 Å². The number of hydrogen-bond donors (Lipinski definition) is 2. The molecule has 7 heteroatoms. The topological polar surface area (TPSA) is 75.4 Å². The monoisotopic (exact) mass is 463 g/mol. The summed E-state index contributed by atoms with van der Waals surface area (Å²) in [5.74, 6) is -0.836. The summed E-state index contributed by atoms with van der Waals surface area (Å²) in [7, 11) is 0. The van der Waals surface area contributed by atoms with Crippen LogP contribution in [0.1, 0.15) is 34.3 Å². The lowest BCUT2D eigenvalue weighted by Crippen LogP contribution is -2.36. The molecule has 0 unspecified atom stereocenters. The van der Waals surface area contributed by atoms with Gasteiger partial charge in [-0.2, -0.15) is 0 Å². The first-order valence-corrected chi connectivity index (χ1v) is 11.0. The van der Waals surface area contributed by atoms with Crippen LogP contribution in [-0.2, 0) is 11.3 Å². The minimum Gasteiger partial charge on any atom is -0.397 e. The summed E-state index contributed by atoms with van der Waals surface area (Å²) in [5, 5.41) is 2.85. The Labute approximate surface area is 196 Å². The molecule has 168 valence electrons. The number of amides is 2. The summed E-state index contributed by atoms with van der Waals surface area (Å²) in [6, 6.07) is 18.7. The van der Waals surface area contributed by atoms with Crippen LogP contribution in [0, 0.1) is 5.82 Å². The van der Waals surface area contributed by atoms with Gasteiger partial charge in [0.05, 0.1) is 16.4 Å². The highest BCUT2D eigenvalue weighted by Gasteiger charge is 2.23. The van der Waals surface area contributed by atoms with Gasteiger partial charge in [-0.25, -0.2) is 4.39 Å². The van der Waals surface area contributed by atoms with Crippen molar-refractivity contribution in [2.45, 2.75) is 19.4 Å². The molecule has 2 amide bonds. The fourth-order valence-corrected chi connectivity index (χ4v) is 3.86. The van der Waals surface area contributed by atoms with Gasteiger partial charge in [-0.05, 0) is 66.4 Å². The van der Waals surface area contributed by atoms with Gasteiger partial charge in [-0.3, -0.25) is 9.59 Å². The van der Waals surface area contributed by atoms with Crippen molar-refractivity contribution in [3.63, 3.8) is 0 Å². The zero-order chi connectivity index (χ0) is 23.4. The van der Waals surface area contributed by atoms with Crippen molar-refractivity contribution < 1.29 is 14.0 Å². The van der Waals surface area contributed by atoms with Gasteiger partial charge in [0.2, 0.25) is 5.91 Å². The average Bonchev–Trinajstić information content (AvgIpc) is 2.81. The van der Waals surface area contributed by atoms with Crippen molar-refractivity contribution >= 4 is 40.9 Å². The maximum absolute atomic E-state index is 13.7. The van der Waals surface area contributed by atoms with Crippen LogP contribution in [0.4, 0.5) is 15.8 Å². The molecule has 1 heterocycles. The second kappa shape index (κ2) is 9.88. The van der Waals surface area contributed by atoms with Crippen LogP contribution < -0.4 is 11.1 Å². The Morgan fingerprint density at radius 2 is 1.88 bits per heavy atom. The number of rotatable bonds is 5. The molecule has 0 aromatic heterocycles. The van der Waals surface area contributed by atoms with Crippen LogP contribution in [0.2, 0.25) is 5.02 Å². The van der Waals surface area contributed by atoms with Crippen molar-refractivity contribution in [3.8, 4) is 0 Å². The Morgan fingerprint density at radius 1 is 1.12 bits per heavy atom. The van der Waals surface area contributed by atoms with Gasteiger partial charge in [-0.15, -0.1) is 0 Å². The lowest BCUT2D eigenvalue weighted by molar-refractivity contribution is -0.129. The highest BCUT2D eigenvalue weighted by molar-refractivity contribution is 6.30. The van der Waals surface area contributed by atoms with Crippen LogP contribution in [-0.4, -0.2) is 23.3 Å². The minimum absolute atomic E-state index is 0.0538. The summed E-state index contributed by atoms with van der Waals surface area (Å²) in [6.07, 6.45) is 3.19. The van der Waals surface area contributed by atoms with Crippen LogP contribution in [0.3, 0.4) is 0 Å². The normalized spacial score (nSPS) is 15.0. The van der Waals surface area contributed by atoms with Crippen molar-refractivity contribution in [2.75, 3.05) is 17.6 Å². The third-order valence-corrected chi connectivity index (χ3v) is 5.83. The molecule has 0 atom stereocenters. The van der Waals surface area contributed by atoms with E-state index in [1.54, 1.807) is 53.4 Å². The van der Waals surface area contributed by atoms with E-state index >= 15 is 0 Å². The molecule has 5 nitrogen and oxygen atoms in total. The fraction of sp³-hybridized carbons (Fsp3) is 0.154. The van der Waals surface area contributed by atoms with Gasteiger partial charge in [0.1, 0.15) is 5.82 Å². The number of nitrogens with two attached hydrogens (primary N) is 1. The van der Waals surface area contributed by atoms with Gasteiger partial charge < -0.3 is 16.0 Å². The number of nitrogens with zero attached hydrogens (tertiary/aromatic N) is 1. The number of halogens is 2. The van der Waals surface area contributed by atoms with E-state index in [9.17, 15) is 14.0 Å². The first-order valence-electron chi connectivity index (χ1n) is 10.6. The summed E-state index contributed by atoms with van der Waals surface area (Å²) in [6.45, 7) is 1.07. The third kappa shape index (κ3) is 5.41. The summed E-state index contributed by atoms with van der Waals surface area (Å²) in [4.78, 5) is 27.2. The van der Waals surface area contributed by atoms with E-state index in [4.69, 9.17) is 17.3 Å². The van der Waals surface area contributed by atoms with Gasteiger partial charge in [-0.1, -0.05) is 41.9 Å². The van der Waals surface area contributed by atoms with E-state index < -0.39 is 5.82 Å². The minimum atomic E-state index is -0.509. The molecule has 1 aliphatic rings. The Balaban J connectivity index is 1.42. The average molecular weight is 464 g/mol. The highest BCUT2D eigenvalue weighted by Crippen LogP contribution is 2.24. The van der Waals surface area contributed by atoms with Gasteiger partial charge >= 0.3 is 0 Å². The number of benzene rings is 3. The molecule has 0 radical (unpaired) electrons. The van der Waals surface area contributed by atoms with Crippen LogP contribution >= 0.6 is 11.6 Å². The van der Waals surface area contributed by atoms with E-state index in [1.165, 1.54) is 12.1 Å². The number of anilines is 2. The molecular formula is C26H23ClFN3O2. The molecule has 3 aromatic carbocycles. The lowest BCUT2D eigenvalue weighted by Gasteiger charge is -2.28. The number of piperidine rings is 1. The molecular weight excluding hydrogens is 441 g/mol. The number of nitrogen functional groups attached to an aromatic ring is 1. The van der Waals surface area contributed by atoms with Gasteiger partial charge in [0, 0.05) is 24.2 Å². The van der Waals surface area contributed by atoms with Crippen molar-refractivity contribution in [3.05, 3.63) is 99.8 Å². The van der Waals surface area contributed by atoms with Crippen molar-refractivity contribution in [1.29, 1.82) is 0 Å². The maximum atomic E-state index is 13.7. The zero-order valence-electron chi connectivity index (χ0n) is 17.9. The molecule has 0 bridgehead atoms. The third-order valence-electron chi connectivity index (χ3n) is 5.52. The summed E-state index contributed by atoms with van der Waals surface area (Å²) < 4.78 is 13.7. The zero-order valence-corrected chi connectivity index (χ0v) is 18.6. The Kier molecular flexibility index (Phi) is 6.75. The molecule has 33 heavy (non-hydrogen) atoms. The fourth-order valence-electron chi connectivity index (χ4n) is 3.75. The smallest absolute Gasteiger partial charge is 0.255 e. The number of para-hydroxylation sites is 2. The lowest BCUT2D eigenvalue weighted by atomic mass is 10.00. The van der Waals surface area contributed by atoms with Gasteiger partial charge in [0.25, 0.3) is 5.91 Å². The Bertz CT molecular complexity index is 1220. The number of nitrogens with one attached hydrogen (secondary N) is 1. The molecule has 3 aromatic rings. The molecule has 3 N–H and O–H groups in total. The largest absolute Gasteiger partial charge is 0.397 e. The molecule has 1 aliphatic heterocycles. The Morgan fingerprint density at radius 3 is 2.61 bits per heavy atom. The number of carbonyl (C=O) groups is 2. The predicted molar refractivity (Wildman–Crippen MR) is 129 cm³/mol. The summed E-state index contributed by atoms with van der Waals surface area (Å²) >= 11 is 5.74. The van der Waals surface area contributed by atoms with E-state index in [2.05, 4.69) is 5.32 Å². The first kappa shape index (κ1) is 22.6. The van der Waals surface area contributed by atoms with E-state index in [0.717, 1.165) is 12.0 Å². The van der Waals surface area contributed by atoms with Crippen molar-refractivity contribution in [2.24, 2.45) is 0 Å². The van der Waals surface area contributed by atoms with Gasteiger partial charge in [0.15, 0.2) is 0 Å². The second-order valence-electron chi connectivity index (χ2n) is 7.91. The molecule has 1 saturated heterocycles. The number of carbonyl (C=O) groups excluding carboxylic acids is 2. The van der Waals surface area contributed by atoms with E-state index in [0.29, 0.717) is 47.6 Å². The summed E-state index contributed by atoms with van der Waals surface area (Å²) in [5.41, 5.74) is 9.60. The molecule has 0 aliphatic carbocycles. The van der Waals surface area contributed by atoms with E-state index in [1.807, 2.05) is 12.1 Å². The SMILES string of the molecule is Nc1ccccc1NC(=O)c1ccc(CN2CCC/C(=C\c3ccc(Cl)c(F)c3)C2=O)cc1. The number of likely N-dealkylation sites (tertiary alicyclic amines) is 1. The quantitative estimate of drug-likeness (QED) is 0.386. The molecule has 4 rings (SSSR count). The molecule has 0 spiro atoms. The van der Waals surface area contributed by atoms with E-state index in [-0.39, 0.29) is 16.8 Å². The highest BCUT2D eigenvalue weighted by atomic mass is 35.5. The van der Waals surface area contributed by atoms with Crippen LogP contribution in [0.15, 0.2) is 72.3 Å². The second-order valence-corrected chi connectivity index (χ2v) is 8.32. The molecule has 1 fully saturated rings. The number of hydrogen-bond acceptors (Lipinski definition) is 3. The van der Waals surface area contributed by atoms with Crippen LogP contribution in [0.5, 0.6) is 0 Å². The maximum Gasteiger partial charge on any atom is 0.255 e. The van der Waals surface area contributed by atoms with Crippen LogP contribution in [0.25, 0.3) is 6.08 Å². The standard InChI is InChI=1S/C26H23ClFN3O2/c27-21-12-9-18(15-22(21)28)14-20-4-3-13-31(26(20)33)16-17-7-10-19(11-8-17)25(32)30-24-6-2-1-5-23(24)29/h1-2,5-12,14-15H,3-4,13,16,29H2,(H,30,32)/b20-14+. The first-order chi connectivity index (χ1) is 15.9.